The standard InChI is InChI=1S/C12H14N2S/c1-4-8(2)11-14-10-7-5-6-9(3)13-12(10)15-11/h4-9H,1H2,2-3H3. The number of aromatic nitrogens is 1. The molecule has 2 nitrogen and oxygen atoms in total. The van der Waals surface area contributed by atoms with Crippen LogP contribution in [0.4, 0.5) is 0 Å². The number of hydrogen-bond acceptors (Lipinski definition) is 3. The van der Waals surface area contributed by atoms with Crippen molar-refractivity contribution in [1.29, 1.82) is 0 Å². The summed E-state index contributed by atoms with van der Waals surface area (Å²) in [6.07, 6.45) is 8.04. The molecule has 78 valence electrons. The summed E-state index contributed by atoms with van der Waals surface area (Å²) in [6.45, 7) is 7.97. The maximum atomic E-state index is 4.58. The molecule has 1 aromatic heterocycles. The molecule has 0 amide bonds. The Morgan fingerprint density at radius 1 is 1.60 bits per heavy atom. The topological polar surface area (TPSA) is 25.2 Å². The average molecular weight is 218 g/mol. The number of hydrogen-bond donors (Lipinski definition) is 0. The smallest absolute Gasteiger partial charge is 0.138 e. The van der Waals surface area contributed by atoms with Crippen molar-refractivity contribution >= 4 is 17.4 Å². The number of nitrogens with zero attached hydrogens (tertiary/aromatic N) is 2. The monoisotopic (exact) mass is 218 g/mol. The molecule has 2 atom stereocenters. The second-order valence-corrected chi connectivity index (χ2v) is 4.70. The first kappa shape index (κ1) is 10.3. The van der Waals surface area contributed by atoms with E-state index in [4.69, 9.17) is 0 Å². The molecule has 2 unspecified atom stereocenters. The van der Waals surface area contributed by atoms with Crippen LogP contribution in [0, 0.1) is 0 Å². The van der Waals surface area contributed by atoms with Gasteiger partial charge in [-0.05, 0) is 13.0 Å². The Balaban J connectivity index is 2.57. The summed E-state index contributed by atoms with van der Waals surface area (Å²) >= 11 is 1.66. The fourth-order valence-corrected chi connectivity index (χ4v) is 2.43. The normalized spacial score (nSPS) is 20.8. The minimum Gasteiger partial charge on any atom is -0.265 e. The molecule has 0 fully saturated rings. The van der Waals surface area contributed by atoms with Gasteiger partial charge in [-0.3, -0.25) is 4.99 Å². The van der Waals surface area contributed by atoms with Crippen molar-refractivity contribution < 1.29 is 0 Å². The van der Waals surface area contributed by atoms with Gasteiger partial charge in [-0.25, -0.2) is 4.98 Å². The van der Waals surface area contributed by atoms with Gasteiger partial charge in [0.1, 0.15) is 9.68 Å². The van der Waals surface area contributed by atoms with Crippen LogP contribution < -0.4 is 10.0 Å². The Hall–Kier alpha value is -1.22. The molecule has 0 spiro atoms. The molecule has 1 aliphatic rings. The van der Waals surface area contributed by atoms with Gasteiger partial charge in [-0.15, -0.1) is 6.58 Å². The number of rotatable bonds is 2. The summed E-state index contributed by atoms with van der Waals surface area (Å²) in [6, 6.07) is 0.245. The Bertz CT molecular complexity index is 510. The molecule has 2 rings (SSSR count). The van der Waals surface area contributed by atoms with E-state index in [-0.39, 0.29) is 6.04 Å². The number of allylic oxidation sites excluding steroid dienone is 2. The van der Waals surface area contributed by atoms with E-state index in [1.54, 1.807) is 11.3 Å². The van der Waals surface area contributed by atoms with E-state index in [1.807, 2.05) is 18.2 Å². The predicted molar refractivity (Wildman–Crippen MR) is 64.6 cm³/mol. The second kappa shape index (κ2) is 4.11. The molecule has 15 heavy (non-hydrogen) atoms. The van der Waals surface area contributed by atoms with E-state index < -0.39 is 0 Å². The van der Waals surface area contributed by atoms with Gasteiger partial charge in [-0.1, -0.05) is 36.5 Å². The third-order valence-electron chi connectivity index (χ3n) is 2.36. The molecule has 0 radical (unpaired) electrons. The summed E-state index contributed by atoms with van der Waals surface area (Å²) < 4.78 is 1.04. The largest absolute Gasteiger partial charge is 0.265 e. The lowest BCUT2D eigenvalue weighted by atomic mass is 10.2. The second-order valence-electron chi connectivity index (χ2n) is 3.69. The van der Waals surface area contributed by atoms with Crippen molar-refractivity contribution in [3.63, 3.8) is 0 Å². The van der Waals surface area contributed by atoms with Gasteiger partial charge in [-0.2, -0.15) is 0 Å². The molecule has 0 N–H and O–H groups in total. The fourth-order valence-electron chi connectivity index (χ4n) is 1.37. The highest BCUT2D eigenvalue weighted by Gasteiger charge is 2.08. The van der Waals surface area contributed by atoms with Gasteiger partial charge in [0.05, 0.1) is 11.4 Å². The first-order valence-electron chi connectivity index (χ1n) is 5.06. The summed E-state index contributed by atoms with van der Waals surface area (Å²) in [5.74, 6) is 0.310. The third kappa shape index (κ3) is 2.07. The first-order valence-corrected chi connectivity index (χ1v) is 5.88. The molecule has 1 aliphatic heterocycles. The van der Waals surface area contributed by atoms with Crippen LogP contribution in [0.1, 0.15) is 24.8 Å². The van der Waals surface area contributed by atoms with Crippen LogP contribution in [-0.2, 0) is 0 Å². The van der Waals surface area contributed by atoms with Gasteiger partial charge in [0, 0.05) is 5.92 Å². The van der Waals surface area contributed by atoms with Crippen LogP contribution in [0.5, 0.6) is 0 Å². The van der Waals surface area contributed by atoms with Crippen LogP contribution in [0.3, 0.4) is 0 Å². The molecule has 1 aromatic rings. The minimum atomic E-state index is 0.245. The van der Waals surface area contributed by atoms with Gasteiger partial charge in [0.15, 0.2) is 0 Å². The highest BCUT2D eigenvalue weighted by atomic mass is 32.1. The number of thiazole rings is 1. The third-order valence-corrected chi connectivity index (χ3v) is 3.54. The van der Waals surface area contributed by atoms with Crippen molar-refractivity contribution in [2.75, 3.05) is 0 Å². The molecule has 0 aromatic carbocycles. The quantitative estimate of drug-likeness (QED) is 0.695. The maximum absolute atomic E-state index is 4.58. The predicted octanol–water partition coefficient (Wildman–Crippen LogP) is 1.79. The van der Waals surface area contributed by atoms with Gasteiger partial charge in [0.25, 0.3) is 0 Å². The van der Waals surface area contributed by atoms with E-state index >= 15 is 0 Å². The SMILES string of the molecule is C=CC(C)c1nc2c(s1)=NC(C)C=CC=2. The zero-order valence-electron chi connectivity index (χ0n) is 8.97. The minimum absolute atomic E-state index is 0.245. The van der Waals surface area contributed by atoms with E-state index in [0.29, 0.717) is 5.92 Å². The van der Waals surface area contributed by atoms with Crippen molar-refractivity contribution in [3.05, 3.63) is 39.8 Å². The molecular formula is C12H14N2S. The first-order chi connectivity index (χ1) is 7.20. The molecule has 3 heteroatoms. The van der Waals surface area contributed by atoms with Gasteiger partial charge >= 0.3 is 0 Å². The molecular weight excluding hydrogens is 204 g/mol. The zero-order valence-corrected chi connectivity index (χ0v) is 9.79. The van der Waals surface area contributed by atoms with E-state index in [2.05, 4.69) is 36.5 Å². The number of fused-ring (bicyclic) bond motifs is 1. The van der Waals surface area contributed by atoms with E-state index in [1.165, 1.54) is 0 Å². The van der Waals surface area contributed by atoms with Crippen LogP contribution in [-0.4, -0.2) is 11.0 Å². The highest BCUT2D eigenvalue weighted by Crippen LogP contribution is 2.14. The fraction of sp³-hybridized carbons (Fsp3) is 0.333. The lowest BCUT2D eigenvalue weighted by Gasteiger charge is -1.97. The highest BCUT2D eigenvalue weighted by molar-refractivity contribution is 7.09. The average Bonchev–Trinajstić information content (AvgIpc) is 2.53. The van der Waals surface area contributed by atoms with Crippen LogP contribution in [0.2, 0.25) is 0 Å². The summed E-state index contributed by atoms with van der Waals surface area (Å²) in [5, 5.41) is 2.08. The van der Waals surface area contributed by atoms with Crippen molar-refractivity contribution in [2.45, 2.75) is 25.8 Å². The zero-order chi connectivity index (χ0) is 10.8. The molecule has 0 aliphatic carbocycles. The van der Waals surface area contributed by atoms with Gasteiger partial charge < -0.3 is 0 Å². The van der Waals surface area contributed by atoms with E-state index in [9.17, 15) is 0 Å². The molecule has 0 saturated carbocycles. The Morgan fingerprint density at radius 2 is 2.40 bits per heavy atom. The molecule has 2 heterocycles. The lowest BCUT2D eigenvalue weighted by Crippen LogP contribution is -2.21. The van der Waals surface area contributed by atoms with Crippen LogP contribution in [0.25, 0.3) is 6.08 Å². The lowest BCUT2D eigenvalue weighted by molar-refractivity contribution is 0.893. The summed E-state index contributed by atoms with van der Waals surface area (Å²) in [7, 11) is 0. The molecule has 0 saturated heterocycles. The maximum Gasteiger partial charge on any atom is 0.138 e. The summed E-state index contributed by atoms with van der Waals surface area (Å²) in [5.41, 5.74) is 0. The Kier molecular flexibility index (Phi) is 2.82. The van der Waals surface area contributed by atoms with Crippen LogP contribution in [0.15, 0.2) is 29.8 Å². The Morgan fingerprint density at radius 3 is 3.13 bits per heavy atom. The van der Waals surface area contributed by atoms with Gasteiger partial charge in [0.2, 0.25) is 0 Å². The van der Waals surface area contributed by atoms with Crippen LogP contribution >= 0.6 is 11.3 Å². The van der Waals surface area contributed by atoms with E-state index in [0.717, 1.165) is 15.0 Å². The van der Waals surface area contributed by atoms with Crippen molar-refractivity contribution in [3.8, 4) is 0 Å². The summed E-state index contributed by atoms with van der Waals surface area (Å²) in [4.78, 5) is 9.14. The van der Waals surface area contributed by atoms with Crippen molar-refractivity contribution in [2.24, 2.45) is 4.99 Å². The molecule has 0 bridgehead atoms. The Labute approximate surface area is 93.4 Å². The van der Waals surface area contributed by atoms with Crippen molar-refractivity contribution in [1.82, 2.24) is 4.98 Å².